The van der Waals surface area contributed by atoms with Crippen LogP contribution in [0.15, 0.2) is 16.7 Å². The summed E-state index contributed by atoms with van der Waals surface area (Å²) in [5.41, 5.74) is -1.38. The van der Waals surface area contributed by atoms with Crippen molar-refractivity contribution in [3.63, 3.8) is 0 Å². The van der Waals surface area contributed by atoms with Crippen molar-refractivity contribution in [2.24, 2.45) is 0 Å². The van der Waals surface area contributed by atoms with Crippen molar-refractivity contribution in [2.75, 3.05) is 11.5 Å². The predicted molar refractivity (Wildman–Crippen MR) is 63.7 cm³/mol. The number of sulfone groups is 1. The zero-order chi connectivity index (χ0) is 12.7. The lowest BCUT2D eigenvalue weighted by molar-refractivity contribution is 0.0220. The molecule has 0 saturated carbocycles. The summed E-state index contributed by atoms with van der Waals surface area (Å²) in [4.78, 5) is 3.51. The molecule has 1 aliphatic rings. The van der Waals surface area contributed by atoms with Crippen LogP contribution in [0.25, 0.3) is 0 Å². The second-order valence-electron chi connectivity index (χ2n) is 4.18. The van der Waals surface area contributed by atoms with Gasteiger partial charge in [-0.3, -0.25) is 0 Å². The van der Waals surface area contributed by atoms with Gasteiger partial charge in [-0.25, -0.2) is 13.4 Å². The van der Waals surface area contributed by atoms with Crippen molar-refractivity contribution in [3.8, 4) is 0 Å². The van der Waals surface area contributed by atoms with E-state index in [1.807, 2.05) is 0 Å². The predicted octanol–water partition coefficient (Wildman–Crippen LogP) is 1.38. The van der Waals surface area contributed by atoms with Crippen LogP contribution in [0.3, 0.4) is 0 Å². The number of rotatable bonds is 1. The number of aromatic nitrogens is 1. The minimum absolute atomic E-state index is 0.00435. The van der Waals surface area contributed by atoms with Crippen molar-refractivity contribution >= 4 is 25.8 Å². The Kier molecular flexibility index (Phi) is 3.26. The molecule has 2 heterocycles. The average molecular weight is 324 g/mol. The van der Waals surface area contributed by atoms with Crippen molar-refractivity contribution in [1.82, 2.24) is 4.98 Å². The van der Waals surface area contributed by atoms with E-state index in [1.54, 1.807) is 0 Å². The Morgan fingerprint density at radius 2 is 2.00 bits per heavy atom. The van der Waals surface area contributed by atoms with Gasteiger partial charge in [0, 0.05) is 16.2 Å². The maximum atomic E-state index is 13.6. The molecule has 0 atom stereocenters. The fourth-order valence-electron chi connectivity index (χ4n) is 1.89. The molecule has 2 rings (SSSR count). The van der Waals surface area contributed by atoms with Gasteiger partial charge in [-0.1, -0.05) is 0 Å². The van der Waals surface area contributed by atoms with Crippen molar-refractivity contribution in [1.29, 1.82) is 0 Å². The van der Waals surface area contributed by atoms with E-state index in [0.717, 1.165) is 0 Å². The lowest BCUT2D eigenvalue weighted by Gasteiger charge is -2.32. The highest BCUT2D eigenvalue weighted by molar-refractivity contribution is 9.10. The topological polar surface area (TPSA) is 67.3 Å². The van der Waals surface area contributed by atoms with Gasteiger partial charge >= 0.3 is 0 Å². The molecule has 94 valence electrons. The van der Waals surface area contributed by atoms with Crippen molar-refractivity contribution < 1.29 is 17.9 Å². The van der Waals surface area contributed by atoms with Gasteiger partial charge in [0.05, 0.1) is 17.1 Å². The number of aliphatic hydroxyl groups is 1. The Labute approximate surface area is 107 Å². The summed E-state index contributed by atoms with van der Waals surface area (Å²) in [6.07, 6.45) is 1.30. The van der Waals surface area contributed by atoms with E-state index < -0.39 is 21.4 Å². The molecule has 0 aliphatic carbocycles. The Morgan fingerprint density at radius 3 is 2.59 bits per heavy atom. The first kappa shape index (κ1) is 12.9. The summed E-state index contributed by atoms with van der Waals surface area (Å²) in [6, 6.07) is 1.44. The number of halogens is 2. The van der Waals surface area contributed by atoms with E-state index in [2.05, 4.69) is 20.9 Å². The maximum absolute atomic E-state index is 13.6. The summed E-state index contributed by atoms with van der Waals surface area (Å²) in [6.45, 7) is 0. The number of hydrogen-bond donors (Lipinski definition) is 1. The average Bonchev–Trinajstić information content (AvgIpc) is 2.26. The van der Waals surface area contributed by atoms with Crippen molar-refractivity contribution in [2.45, 2.75) is 18.4 Å². The smallest absolute Gasteiger partial charge is 0.219 e. The molecule has 7 heteroatoms. The van der Waals surface area contributed by atoms with E-state index in [0.29, 0.717) is 4.47 Å². The Bertz CT molecular complexity index is 532. The van der Waals surface area contributed by atoms with Crippen molar-refractivity contribution in [3.05, 3.63) is 28.2 Å². The van der Waals surface area contributed by atoms with E-state index in [1.165, 1.54) is 12.3 Å². The number of nitrogens with zero attached hydrogens (tertiary/aromatic N) is 1. The number of pyridine rings is 1. The Morgan fingerprint density at radius 1 is 1.41 bits per heavy atom. The van der Waals surface area contributed by atoms with Gasteiger partial charge in [0.2, 0.25) is 5.95 Å². The van der Waals surface area contributed by atoms with Crippen LogP contribution in [0.5, 0.6) is 0 Å². The van der Waals surface area contributed by atoms with Gasteiger partial charge < -0.3 is 5.11 Å². The monoisotopic (exact) mass is 323 g/mol. The SMILES string of the molecule is O=S1(=O)CCC(O)(c2cc(Br)cnc2F)CC1. The summed E-state index contributed by atoms with van der Waals surface area (Å²) in [5, 5.41) is 10.3. The first-order valence-electron chi connectivity index (χ1n) is 5.07. The third-order valence-corrected chi connectivity index (χ3v) is 5.05. The molecule has 17 heavy (non-hydrogen) atoms. The normalized spacial score (nSPS) is 22.3. The zero-order valence-corrected chi connectivity index (χ0v) is 11.3. The molecule has 1 aromatic heterocycles. The molecular weight excluding hydrogens is 313 g/mol. The zero-order valence-electron chi connectivity index (χ0n) is 8.86. The van der Waals surface area contributed by atoms with Gasteiger partial charge in [0.15, 0.2) is 9.84 Å². The second kappa shape index (κ2) is 4.29. The first-order valence-corrected chi connectivity index (χ1v) is 7.68. The standard InChI is InChI=1S/C10H11BrFNO3S/c11-7-5-8(9(12)13-6-7)10(14)1-3-17(15,16)4-2-10/h5-6,14H,1-4H2. The van der Waals surface area contributed by atoms with Gasteiger partial charge in [-0.05, 0) is 34.8 Å². The third-order valence-electron chi connectivity index (χ3n) is 2.96. The molecule has 1 aliphatic heterocycles. The fourth-order valence-corrected chi connectivity index (χ4v) is 3.73. The van der Waals surface area contributed by atoms with E-state index in [-0.39, 0.29) is 29.9 Å². The first-order chi connectivity index (χ1) is 7.82. The van der Waals surface area contributed by atoms with Crippen LogP contribution in [0.1, 0.15) is 18.4 Å². The second-order valence-corrected chi connectivity index (χ2v) is 7.39. The molecule has 1 fully saturated rings. The van der Waals surface area contributed by atoms with E-state index >= 15 is 0 Å². The Hall–Kier alpha value is -0.530. The number of hydrogen-bond acceptors (Lipinski definition) is 4. The molecule has 0 unspecified atom stereocenters. The maximum Gasteiger partial charge on any atom is 0.219 e. The molecule has 4 nitrogen and oxygen atoms in total. The lowest BCUT2D eigenvalue weighted by Crippen LogP contribution is -2.37. The Balaban J connectivity index is 2.36. The largest absolute Gasteiger partial charge is 0.385 e. The molecule has 1 aromatic rings. The van der Waals surface area contributed by atoms with Crippen LogP contribution in [0.2, 0.25) is 0 Å². The fraction of sp³-hybridized carbons (Fsp3) is 0.500. The summed E-state index contributed by atoms with van der Waals surface area (Å²) in [7, 11) is -3.10. The molecule has 0 bridgehead atoms. The molecule has 0 amide bonds. The summed E-state index contributed by atoms with van der Waals surface area (Å²) >= 11 is 3.15. The van der Waals surface area contributed by atoms with Gasteiger partial charge in [-0.2, -0.15) is 4.39 Å². The van der Waals surface area contributed by atoms with E-state index in [4.69, 9.17) is 0 Å². The van der Waals surface area contributed by atoms with Crippen LogP contribution in [0, 0.1) is 5.95 Å². The van der Waals surface area contributed by atoms with Crippen LogP contribution in [-0.2, 0) is 15.4 Å². The van der Waals surface area contributed by atoms with Crippen LogP contribution >= 0.6 is 15.9 Å². The van der Waals surface area contributed by atoms with Crippen LogP contribution in [0.4, 0.5) is 4.39 Å². The minimum atomic E-state index is -3.10. The van der Waals surface area contributed by atoms with Gasteiger partial charge in [0.25, 0.3) is 0 Å². The quantitative estimate of drug-likeness (QED) is 0.793. The van der Waals surface area contributed by atoms with E-state index in [9.17, 15) is 17.9 Å². The summed E-state index contributed by atoms with van der Waals surface area (Å²) in [5.74, 6) is -1.01. The highest BCUT2D eigenvalue weighted by atomic mass is 79.9. The molecule has 1 N–H and O–H groups in total. The third kappa shape index (κ3) is 2.66. The minimum Gasteiger partial charge on any atom is -0.385 e. The molecule has 0 spiro atoms. The highest BCUT2D eigenvalue weighted by Gasteiger charge is 2.39. The lowest BCUT2D eigenvalue weighted by atomic mass is 9.89. The summed E-state index contributed by atoms with van der Waals surface area (Å²) < 4.78 is 36.7. The van der Waals surface area contributed by atoms with Gasteiger partial charge in [-0.15, -0.1) is 0 Å². The van der Waals surface area contributed by atoms with Crippen LogP contribution in [-0.4, -0.2) is 30.0 Å². The molecule has 0 radical (unpaired) electrons. The molecular formula is C10H11BrFNO3S. The molecule has 1 saturated heterocycles. The van der Waals surface area contributed by atoms with Gasteiger partial charge in [0.1, 0.15) is 0 Å². The highest BCUT2D eigenvalue weighted by Crippen LogP contribution is 2.35. The molecule has 0 aromatic carbocycles. The van der Waals surface area contributed by atoms with Crippen LogP contribution < -0.4 is 0 Å².